The molecular weight excluding hydrogens is 168 g/mol. The van der Waals surface area contributed by atoms with Gasteiger partial charge in [0.15, 0.2) is 0 Å². The molecule has 2 aliphatic rings. The maximum atomic E-state index is 11.4. The first kappa shape index (κ1) is 9.00. The molecule has 1 saturated heterocycles. The summed E-state index contributed by atoms with van der Waals surface area (Å²) in [4.78, 5) is 11.4. The molecule has 2 rings (SSSR count). The van der Waals surface area contributed by atoms with Crippen LogP contribution in [0.15, 0.2) is 0 Å². The van der Waals surface area contributed by atoms with Crippen LogP contribution in [0, 0.1) is 11.3 Å². The molecule has 1 saturated carbocycles. The van der Waals surface area contributed by atoms with E-state index in [-0.39, 0.29) is 17.3 Å². The molecule has 1 aliphatic heterocycles. The van der Waals surface area contributed by atoms with Crippen LogP contribution >= 0.6 is 0 Å². The SMILES string of the molecule is CC1C(=O)OC2(O)CCCCC12C. The van der Waals surface area contributed by atoms with Crippen molar-refractivity contribution in [1.29, 1.82) is 0 Å². The first-order valence-electron chi connectivity index (χ1n) is 4.95. The largest absolute Gasteiger partial charge is 0.432 e. The van der Waals surface area contributed by atoms with Gasteiger partial charge in [-0.2, -0.15) is 0 Å². The van der Waals surface area contributed by atoms with Crippen LogP contribution in [-0.4, -0.2) is 16.9 Å². The summed E-state index contributed by atoms with van der Waals surface area (Å²) in [7, 11) is 0. The second-order valence-electron chi connectivity index (χ2n) is 4.55. The molecule has 2 fully saturated rings. The zero-order valence-corrected chi connectivity index (χ0v) is 8.17. The zero-order chi connectivity index (χ0) is 9.69. The van der Waals surface area contributed by atoms with Crippen molar-refractivity contribution in [2.75, 3.05) is 0 Å². The number of ether oxygens (including phenoxy) is 1. The molecule has 74 valence electrons. The van der Waals surface area contributed by atoms with E-state index in [0.29, 0.717) is 6.42 Å². The average molecular weight is 184 g/mol. The predicted molar refractivity (Wildman–Crippen MR) is 46.8 cm³/mol. The van der Waals surface area contributed by atoms with Gasteiger partial charge in [-0.25, -0.2) is 0 Å². The Kier molecular flexibility index (Phi) is 1.71. The molecule has 1 heterocycles. The minimum absolute atomic E-state index is 0.169. The van der Waals surface area contributed by atoms with E-state index in [0.717, 1.165) is 19.3 Å². The molecule has 1 N–H and O–H groups in total. The molecule has 3 nitrogen and oxygen atoms in total. The molecule has 3 unspecified atom stereocenters. The van der Waals surface area contributed by atoms with Gasteiger partial charge in [-0.1, -0.05) is 20.3 Å². The van der Waals surface area contributed by atoms with Crippen LogP contribution in [0.1, 0.15) is 39.5 Å². The third-order valence-corrected chi connectivity index (χ3v) is 3.93. The Morgan fingerprint density at radius 2 is 2.08 bits per heavy atom. The number of rotatable bonds is 0. The molecular formula is C10H16O3. The number of esters is 1. The molecule has 0 bridgehead atoms. The molecule has 0 aromatic heterocycles. The van der Waals surface area contributed by atoms with E-state index in [1.54, 1.807) is 0 Å². The van der Waals surface area contributed by atoms with E-state index in [9.17, 15) is 9.90 Å². The Morgan fingerprint density at radius 3 is 2.69 bits per heavy atom. The number of aliphatic hydroxyl groups is 1. The highest BCUT2D eigenvalue weighted by molar-refractivity contribution is 5.76. The topological polar surface area (TPSA) is 46.5 Å². The highest BCUT2D eigenvalue weighted by Gasteiger charge is 2.62. The van der Waals surface area contributed by atoms with Gasteiger partial charge in [-0.3, -0.25) is 4.79 Å². The van der Waals surface area contributed by atoms with Gasteiger partial charge in [0.05, 0.1) is 5.92 Å². The second-order valence-corrected chi connectivity index (χ2v) is 4.55. The Labute approximate surface area is 78.1 Å². The van der Waals surface area contributed by atoms with E-state index in [4.69, 9.17) is 4.74 Å². The van der Waals surface area contributed by atoms with Gasteiger partial charge in [0, 0.05) is 11.8 Å². The maximum absolute atomic E-state index is 11.4. The molecule has 0 spiro atoms. The quantitative estimate of drug-likeness (QED) is 0.579. The molecule has 13 heavy (non-hydrogen) atoms. The van der Waals surface area contributed by atoms with E-state index in [1.165, 1.54) is 0 Å². The van der Waals surface area contributed by atoms with Gasteiger partial charge in [0.25, 0.3) is 0 Å². The number of hydrogen-bond donors (Lipinski definition) is 1. The standard InChI is InChI=1S/C10H16O3/c1-7-8(11)13-10(12)6-4-3-5-9(7,10)2/h7,12H,3-6H2,1-2H3. The van der Waals surface area contributed by atoms with Crippen molar-refractivity contribution < 1.29 is 14.6 Å². The molecule has 3 atom stereocenters. The normalized spacial score (nSPS) is 50.1. The highest BCUT2D eigenvalue weighted by atomic mass is 16.7. The monoisotopic (exact) mass is 184 g/mol. The third kappa shape index (κ3) is 0.966. The Morgan fingerprint density at radius 1 is 1.46 bits per heavy atom. The fourth-order valence-corrected chi connectivity index (χ4v) is 2.58. The summed E-state index contributed by atoms with van der Waals surface area (Å²) >= 11 is 0. The summed E-state index contributed by atoms with van der Waals surface area (Å²) in [5.74, 6) is -1.59. The average Bonchev–Trinajstić information content (AvgIpc) is 2.25. The summed E-state index contributed by atoms with van der Waals surface area (Å²) in [6.07, 6.45) is 3.52. The number of hydrogen-bond acceptors (Lipinski definition) is 3. The van der Waals surface area contributed by atoms with Gasteiger partial charge in [0.1, 0.15) is 0 Å². The predicted octanol–water partition coefficient (Wildman–Crippen LogP) is 1.45. The fourth-order valence-electron chi connectivity index (χ4n) is 2.58. The van der Waals surface area contributed by atoms with Crippen LogP contribution in [0.3, 0.4) is 0 Å². The summed E-state index contributed by atoms with van der Waals surface area (Å²) in [5, 5.41) is 10.2. The van der Waals surface area contributed by atoms with Crippen LogP contribution in [0.5, 0.6) is 0 Å². The van der Waals surface area contributed by atoms with Crippen LogP contribution < -0.4 is 0 Å². The molecule has 3 heteroatoms. The van der Waals surface area contributed by atoms with E-state index < -0.39 is 5.79 Å². The fraction of sp³-hybridized carbons (Fsp3) is 0.900. The first-order chi connectivity index (χ1) is 6.00. The van der Waals surface area contributed by atoms with Crippen LogP contribution in [0.4, 0.5) is 0 Å². The highest BCUT2D eigenvalue weighted by Crippen LogP contribution is 2.54. The summed E-state index contributed by atoms with van der Waals surface area (Å²) in [6, 6.07) is 0. The first-order valence-corrected chi connectivity index (χ1v) is 4.95. The van der Waals surface area contributed by atoms with Crippen molar-refractivity contribution in [1.82, 2.24) is 0 Å². The Bertz CT molecular complexity index is 251. The zero-order valence-electron chi connectivity index (χ0n) is 8.17. The summed E-state index contributed by atoms with van der Waals surface area (Å²) in [6.45, 7) is 3.81. The lowest BCUT2D eigenvalue weighted by molar-refractivity contribution is -0.238. The Balaban J connectivity index is 2.38. The lowest BCUT2D eigenvalue weighted by atomic mass is 9.65. The van der Waals surface area contributed by atoms with Crippen molar-refractivity contribution in [3.63, 3.8) is 0 Å². The molecule has 1 aliphatic carbocycles. The minimum atomic E-state index is -1.18. The van der Waals surface area contributed by atoms with Crippen molar-refractivity contribution in [2.45, 2.75) is 45.3 Å². The van der Waals surface area contributed by atoms with E-state index >= 15 is 0 Å². The van der Waals surface area contributed by atoms with Crippen molar-refractivity contribution in [3.05, 3.63) is 0 Å². The van der Waals surface area contributed by atoms with Gasteiger partial charge < -0.3 is 9.84 Å². The van der Waals surface area contributed by atoms with E-state index in [1.807, 2.05) is 13.8 Å². The van der Waals surface area contributed by atoms with E-state index in [2.05, 4.69) is 0 Å². The maximum Gasteiger partial charge on any atom is 0.311 e. The summed E-state index contributed by atoms with van der Waals surface area (Å²) < 4.78 is 5.08. The number of carbonyl (C=O) groups excluding carboxylic acids is 1. The Hall–Kier alpha value is -0.570. The van der Waals surface area contributed by atoms with Crippen LogP contribution in [0.2, 0.25) is 0 Å². The number of carbonyl (C=O) groups is 1. The lowest BCUT2D eigenvalue weighted by Gasteiger charge is -2.42. The van der Waals surface area contributed by atoms with Gasteiger partial charge in [0.2, 0.25) is 5.79 Å². The van der Waals surface area contributed by atoms with Crippen LogP contribution in [0.25, 0.3) is 0 Å². The van der Waals surface area contributed by atoms with Crippen molar-refractivity contribution >= 4 is 5.97 Å². The molecule has 0 aromatic carbocycles. The minimum Gasteiger partial charge on any atom is -0.432 e. The smallest absolute Gasteiger partial charge is 0.311 e. The van der Waals surface area contributed by atoms with Crippen molar-refractivity contribution in [3.8, 4) is 0 Å². The lowest BCUT2D eigenvalue weighted by Crippen LogP contribution is -2.47. The van der Waals surface area contributed by atoms with Gasteiger partial charge in [-0.05, 0) is 12.8 Å². The second kappa shape index (κ2) is 2.47. The number of fused-ring (bicyclic) bond motifs is 1. The van der Waals surface area contributed by atoms with Crippen LogP contribution in [-0.2, 0) is 9.53 Å². The van der Waals surface area contributed by atoms with Gasteiger partial charge in [-0.15, -0.1) is 0 Å². The van der Waals surface area contributed by atoms with Gasteiger partial charge >= 0.3 is 5.97 Å². The third-order valence-electron chi connectivity index (χ3n) is 3.93. The molecule has 0 radical (unpaired) electrons. The molecule has 0 aromatic rings. The summed E-state index contributed by atoms with van der Waals surface area (Å²) in [5.41, 5.74) is -0.359. The molecule has 0 amide bonds. The van der Waals surface area contributed by atoms with Crippen molar-refractivity contribution in [2.24, 2.45) is 11.3 Å².